The van der Waals surface area contributed by atoms with E-state index in [0.29, 0.717) is 0 Å². The fraction of sp³-hybridized carbons (Fsp3) is 1.00. The normalized spacial score (nSPS) is 24.2. The van der Waals surface area contributed by atoms with Gasteiger partial charge >= 0.3 is 0 Å². The summed E-state index contributed by atoms with van der Waals surface area (Å²) in [5.41, 5.74) is 0. The van der Waals surface area contributed by atoms with E-state index in [1.807, 2.05) is 0 Å². The highest BCUT2D eigenvalue weighted by Crippen LogP contribution is 2.21. The third-order valence-corrected chi connectivity index (χ3v) is 3.63. The van der Waals surface area contributed by atoms with Crippen LogP contribution in [-0.2, 0) is 0 Å². The summed E-state index contributed by atoms with van der Waals surface area (Å²) in [5, 5.41) is 3.61. The Kier molecular flexibility index (Phi) is 6.37. The predicted molar refractivity (Wildman–Crippen MR) is 71.8 cm³/mol. The molecule has 16 heavy (non-hydrogen) atoms. The Balaban J connectivity index is 2.28. The number of rotatable bonds is 7. The first-order valence-corrected chi connectivity index (χ1v) is 7.11. The van der Waals surface area contributed by atoms with Crippen molar-refractivity contribution in [3.63, 3.8) is 0 Å². The predicted octanol–water partition coefficient (Wildman–Crippen LogP) is 2.89. The minimum absolute atomic E-state index is 0.767. The van der Waals surface area contributed by atoms with Crippen molar-refractivity contribution < 1.29 is 0 Å². The second kappa shape index (κ2) is 7.29. The lowest BCUT2D eigenvalue weighted by atomic mass is 10.1. The van der Waals surface area contributed by atoms with E-state index in [1.165, 1.54) is 38.8 Å². The quantitative estimate of drug-likeness (QED) is 0.718. The molecule has 0 spiro atoms. The van der Waals surface area contributed by atoms with E-state index < -0.39 is 0 Å². The Labute approximate surface area is 102 Å². The molecule has 0 saturated carbocycles. The molecule has 1 rings (SSSR count). The number of hydrogen-bond donors (Lipinski definition) is 1. The van der Waals surface area contributed by atoms with Gasteiger partial charge in [0.15, 0.2) is 0 Å². The molecule has 1 saturated heterocycles. The second-order valence-corrected chi connectivity index (χ2v) is 5.72. The number of hydrogen-bond acceptors (Lipinski definition) is 2. The average Bonchev–Trinajstić information content (AvgIpc) is 2.66. The minimum Gasteiger partial charge on any atom is -0.315 e. The van der Waals surface area contributed by atoms with Gasteiger partial charge < -0.3 is 5.32 Å². The minimum atomic E-state index is 0.767. The largest absolute Gasteiger partial charge is 0.315 e. The monoisotopic (exact) mass is 226 g/mol. The van der Waals surface area contributed by atoms with E-state index in [9.17, 15) is 0 Å². The molecule has 0 radical (unpaired) electrons. The summed E-state index contributed by atoms with van der Waals surface area (Å²) >= 11 is 0. The van der Waals surface area contributed by atoms with Crippen molar-refractivity contribution in [1.82, 2.24) is 10.2 Å². The molecule has 0 aromatic carbocycles. The highest BCUT2D eigenvalue weighted by Gasteiger charge is 2.27. The summed E-state index contributed by atoms with van der Waals surface area (Å²) in [5.74, 6) is 0.767. The zero-order valence-corrected chi connectivity index (χ0v) is 11.6. The van der Waals surface area contributed by atoms with E-state index >= 15 is 0 Å². The zero-order chi connectivity index (χ0) is 12.0. The topological polar surface area (TPSA) is 15.3 Å². The van der Waals surface area contributed by atoms with Crippen LogP contribution in [-0.4, -0.2) is 36.6 Å². The van der Waals surface area contributed by atoms with Crippen LogP contribution in [0.25, 0.3) is 0 Å². The van der Waals surface area contributed by atoms with E-state index in [0.717, 1.165) is 24.5 Å². The van der Waals surface area contributed by atoms with Crippen LogP contribution in [0.4, 0.5) is 0 Å². The molecule has 1 aliphatic rings. The molecule has 1 heterocycles. The van der Waals surface area contributed by atoms with Gasteiger partial charge in [-0.3, -0.25) is 4.90 Å². The van der Waals surface area contributed by atoms with Crippen LogP contribution in [0.15, 0.2) is 0 Å². The number of nitrogens with zero attached hydrogens (tertiary/aromatic N) is 1. The molecule has 0 aromatic heterocycles. The second-order valence-electron chi connectivity index (χ2n) is 5.72. The molecule has 0 bridgehead atoms. The maximum absolute atomic E-state index is 3.61. The fourth-order valence-electron chi connectivity index (χ4n) is 2.78. The Bertz CT molecular complexity index is 180. The molecule has 1 N–H and O–H groups in total. The van der Waals surface area contributed by atoms with Gasteiger partial charge in [0.25, 0.3) is 0 Å². The van der Waals surface area contributed by atoms with Crippen LogP contribution in [0, 0.1) is 5.92 Å². The fourth-order valence-corrected chi connectivity index (χ4v) is 2.78. The smallest absolute Gasteiger partial charge is 0.0223 e. The lowest BCUT2D eigenvalue weighted by molar-refractivity contribution is 0.178. The molecule has 0 aliphatic carbocycles. The van der Waals surface area contributed by atoms with E-state index in [4.69, 9.17) is 0 Å². The van der Waals surface area contributed by atoms with Crippen LogP contribution < -0.4 is 5.32 Å². The molecular formula is C14H30N2. The molecule has 0 aromatic rings. The van der Waals surface area contributed by atoms with Crippen LogP contribution >= 0.6 is 0 Å². The molecule has 2 heteroatoms. The summed E-state index contributed by atoms with van der Waals surface area (Å²) in [6, 6.07) is 1.57. The summed E-state index contributed by atoms with van der Waals surface area (Å²) in [6.07, 6.45) is 5.44. The van der Waals surface area contributed by atoms with E-state index in [-0.39, 0.29) is 0 Å². The van der Waals surface area contributed by atoms with Gasteiger partial charge in [-0.2, -0.15) is 0 Å². The van der Waals surface area contributed by atoms with Crippen LogP contribution in [0.5, 0.6) is 0 Å². The van der Waals surface area contributed by atoms with Crippen molar-refractivity contribution in [3.05, 3.63) is 0 Å². The third kappa shape index (κ3) is 4.42. The van der Waals surface area contributed by atoms with E-state index in [2.05, 4.69) is 37.9 Å². The van der Waals surface area contributed by atoms with Gasteiger partial charge in [0.2, 0.25) is 0 Å². The Morgan fingerprint density at radius 1 is 1.31 bits per heavy atom. The average molecular weight is 226 g/mol. The maximum atomic E-state index is 3.61. The SMILES string of the molecule is CCCC(C)N1CCCC1CNCC(C)C. The van der Waals surface area contributed by atoms with Crippen molar-refractivity contribution in [3.8, 4) is 0 Å². The van der Waals surface area contributed by atoms with Crippen LogP contribution in [0.1, 0.15) is 53.4 Å². The van der Waals surface area contributed by atoms with Crippen molar-refractivity contribution >= 4 is 0 Å². The summed E-state index contributed by atoms with van der Waals surface area (Å²) < 4.78 is 0. The van der Waals surface area contributed by atoms with Crippen molar-refractivity contribution in [2.24, 2.45) is 5.92 Å². The van der Waals surface area contributed by atoms with Gasteiger partial charge in [-0.05, 0) is 45.2 Å². The van der Waals surface area contributed by atoms with Gasteiger partial charge in [-0.25, -0.2) is 0 Å². The molecular weight excluding hydrogens is 196 g/mol. The maximum Gasteiger partial charge on any atom is 0.0223 e. The highest BCUT2D eigenvalue weighted by molar-refractivity contribution is 4.84. The molecule has 2 atom stereocenters. The van der Waals surface area contributed by atoms with Crippen molar-refractivity contribution in [2.75, 3.05) is 19.6 Å². The number of likely N-dealkylation sites (tertiary alicyclic amines) is 1. The lowest BCUT2D eigenvalue weighted by Crippen LogP contribution is -2.43. The van der Waals surface area contributed by atoms with Gasteiger partial charge in [0.05, 0.1) is 0 Å². The van der Waals surface area contributed by atoms with Gasteiger partial charge in [0.1, 0.15) is 0 Å². The molecule has 2 nitrogen and oxygen atoms in total. The molecule has 2 unspecified atom stereocenters. The standard InChI is InChI=1S/C14H30N2/c1-5-7-13(4)16-9-6-8-14(16)11-15-10-12(2)3/h12-15H,5-11H2,1-4H3. The Morgan fingerprint density at radius 3 is 2.69 bits per heavy atom. The molecule has 96 valence electrons. The summed E-state index contributed by atoms with van der Waals surface area (Å²) in [7, 11) is 0. The Hall–Kier alpha value is -0.0800. The Morgan fingerprint density at radius 2 is 2.06 bits per heavy atom. The first-order chi connectivity index (χ1) is 7.65. The van der Waals surface area contributed by atoms with Crippen LogP contribution in [0.3, 0.4) is 0 Å². The van der Waals surface area contributed by atoms with Gasteiger partial charge in [-0.1, -0.05) is 27.2 Å². The van der Waals surface area contributed by atoms with Crippen molar-refractivity contribution in [1.29, 1.82) is 0 Å². The molecule has 1 aliphatic heterocycles. The highest BCUT2D eigenvalue weighted by atomic mass is 15.2. The van der Waals surface area contributed by atoms with Crippen LogP contribution in [0.2, 0.25) is 0 Å². The molecule has 1 fully saturated rings. The van der Waals surface area contributed by atoms with Gasteiger partial charge in [-0.15, -0.1) is 0 Å². The number of nitrogens with one attached hydrogen (secondary N) is 1. The zero-order valence-electron chi connectivity index (χ0n) is 11.6. The summed E-state index contributed by atoms with van der Waals surface area (Å²) in [6.45, 7) is 12.9. The van der Waals surface area contributed by atoms with Gasteiger partial charge in [0, 0.05) is 18.6 Å². The van der Waals surface area contributed by atoms with E-state index in [1.54, 1.807) is 0 Å². The lowest BCUT2D eigenvalue weighted by Gasteiger charge is -2.31. The third-order valence-electron chi connectivity index (χ3n) is 3.63. The van der Waals surface area contributed by atoms with Crippen molar-refractivity contribution in [2.45, 2.75) is 65.5 Å². The first-order valence-electron chi connectivity index (χ1n) is 7.11. The molecule has 0 amide bonds. The first kappa shape index (κ1) is 14.0. The summed E-state index contributed by atoms with van der Waals surface area (Å²) in [4.78, 5) is 2.72.